The Labute approximate surface area is 103 Å². The Hall–Kier alpha value is -1.09. The van der Waals surface area contributed by atoms with Gasteiger partial charge in [-0.1, -0.05) is 13.0 Å². The second-order valence-electron chi connectivity index (χ2n) is 5.17. The summed E-state index contributed by atoms with van der Waals surface area (Å²) in [4.78, 5) is 4.68. The number of pyridine rings is 1. The van der Waals surface area contributed by atoms with Crippen LogP contribution in [0.3, 0.4) is 0 Å². The van der Waals surface area contributed by atoms with Gasteiger partial charge in [0.1, 0.15) is 5.82 Å². The molecule has 1 heterocycles. The second kappa shape index (κ2) is 5.05. The summed E-state index contributed by atoms with van der Waals surface area (Å²) >= 11 is 0. The predicted molar refractivity (Wildman–Crippen MR) is 70.3 cm³/mol. The number of aromatic nitrogens is 1. The van der Waals surface area contributed by atoms with E-state index in [-0.39, 0.29) is 12.1 Å². The van der Waals surface area contributed by atoms with Gasteiger partial charge in [-0.15, -0.1) is 0 Å². The summed E-state index contributed by atoms with van der Waals surface area (Å²) < 4.78 is 0. The first kappa shape index (κ1) is 12.4. The SMILES string of the molecule is CCC(C)(CCO)Nc1ccc2c(n1)CCC2. The maximum Gasteiger partial charge on any atom is 0.126 e. The number of aryl methyl sites for hydroxylation is 2. The van der Waals surface area contributed by atoms with Crippen LogP contribution in [0.2, 0.25) is 0 Å². The Morgan fingerprint density at radius 2 is 2.24 bits per heavy atom. The van der Waals surface area contributed by atoms with E-state index in [1.54, 1.807) is 0 Å². The van der Waals surface area contributed by atoms with Crippen LogP contribution >= 0.6 is 0 Å². The minimum atomic E-state index is -0.0609. The van der Waals surface area contributed by atoms with Crippen LogP contribution in [0.15, 0.2) is 12.1 Å². The average Bonchev–Trinajstić information content (AvgIpc) is 2.76. The van der Waals surface area contributed by atoms with Gasteiger partial charge in [0.05, 0.1) is 0 Å². The van der Waals surface area contributed by atoms with Crippen molar-refractivity contribution in [1.82, 2.24) is 4.98 Å². The van der Waals surface area contributed by atoms with Crippen LogP contribution in [0.5, 0.6) is 0 Å². The smallest absolute Gasteiger partial charge is 0.126 e. The molecule has 0 aliphatic heterocycles. The van der Waals surface area contributed by atoms with Crippen LogP contribution in [0.25, 0.3) is 0 Å². The summed E-state index contributed by atoms with van der Waals surface area (Å²) in [6.07, 6.45) is 5.24. The van der Waals surface area contributed by atoms with Crippen LogP contribution < -0.4 is 5.32 Å². The van der Waals surface area contributed by atoms with E-state index in [0.29, 0.717) is 0 Å². The van der Waals surface area contributed by atoms with Crippen molar-refractivity contribution in [3.63, 3.8) is 0 Å². The topological polar surface area (TPSA) is 45.1 Å². The molecule has 1 aliphatic rings. The number of anilines is 1. The highest BCUT2D eigenvalue weighted by Gasteiger charge is 2.22. The molecule has 0 bridgehead atoms. The summed E-state index contributed by atoms with van der Waals surface area (Å²) in [5, 5.41) is 12.6. The first-order chi connectivity index (χ1) is 8.17. The fraction of sp³-hybridized carbons (Fsp3) is 0.643. The highest BCUT2D eigenvalue weighted by atomic mass is 16.3. The van der Waals surface area contributed by atoms with Gasteiger partial charge in [0.2, 0.25) is 0 Å². The molecule has 2 rings (SSSR count). The minimum absolute atomic E-state index is 0.0609. The van der Waals surface area contributed by atoms with Crippen LogP contribution in [0.4, 0.5) is 5.82 Å². The highest BCUT2D eigenvalue weighted by molar-refractivity contribution is 5.42. The lowest BCUT2D eigenvalue weighted by Gasteiger charge is -2.29. The summed E-state index contributed by atoms with van der Waals surface area (Å²) in [5.41, 5.74) is 2.59. The van der Waals surface area contributed by atoms with Gasteiger partial charge < -0.3 is 10.4 Å². The van der Waals surface area contributed by atoms with E-state index in [2.05, 4.69) is 36.3 Å². The van der Waals surface area contributed by atoms with Crippen molar-refractivity contribution >= 4 is 5.82 Å². The van der Waals surface area contributed by atoms with Gasteiger partial charge in [-0.05, 0) is 50.7 Å². The van der Waals surface area contributed by atoms with Crippen LogP contribution in [-0.4, -0.2) is 22.2 Å². The lowest BCUT2D eigenvalue weighted by atomic mass is 9.95. The third kappa shape index (κ3) is 2.78. The molecule has 1 aliphatic carbocycles. The Balaban J connectivity index is 2.12. The largest absolute Gasteiger partial charge is 0.396 e. The van der Waals surface area contributed by atoms with Gasteiger partial charge in [-0.25, -0.2) is 4.98 Å². The molecular formula is C14H22N2O. The molecule has 0 aromatic carbocycles. The van der Waals surface area contributed by atoms with E-state index in [4.69, 9.17) is 5.11 Å². The van der Waals surface area contributed by atoms with E-state index in [1.165, 1.54) is 24.1 Å². The standard InChI is InChI=1S/C14H22N2O/c1-3-14(2,9-10-17)16-13-8-7-11-5-4-6-12(11)15-13/h7-8,17H,3-6,9-10H2,1-2H3,(H,15,16). The fourth-order valence-corrected chi connectivity index (χ4v) is 2.37. The molecule has 1 atom stereocenters. The van der Waals surface area contributed by atoms with Gasteiger partial charge in [-0.3, -0.25) is 0 Å². The molecular weight excluding hydrogens is 212 g/mol. The number of nitrogens with zero attached hydrogens (tertiary/aromatic N) is 1. The molecule has 0 radical (unpaired) electrons. The predicted octanol–water partition coefficient (Wildman–Crippen LogP) is 2.53. The van der Waals surface area contributed by atoms with Crippen LogP contribution in [-0.2, 0) is 12.8 Å². The quantitative estimate of drug-likeness (QED) is 0.823. The van der Waals surface area contributed by atoms with Crippen LogP contribution in [0.1, 0.15) is 44.4 Å². The monoisotopic (exact) mass is 234 g/mol. The van der Waals surface area contributed by atoms with E-state index < -0.39 is 0 Å². The Morgan fingerprint density at radius 3 is 2.94 bits per heavy atom. The summed E-state index contributed by atoms with van der Waals surface area (Å²) in [5.74, 6) is 0.948. The molecule has 1 aromatic heterocycles. The first-order valence-corrected chi connectivity index (χ1v) is 6.55. The van der Waals surface area contributed by atoms with Crippen molar-refractivity contribution in [3.8, 4) is 0 Å². The lowest BCUT2D eigenvalue weighted by molar-refractivity contribution is 0.252. The summed E-state index contributed by atoms with van der Waals surface area (Å²) in [7, 11) is 0. The number of aliphatic hydroxyl groups excluding tert-OH is 1. The number of hydrogen-bond acceptors (Lipinski definition) is 3. The first-order valence-electron chi connectivity index (χ1n) is 6.55. The van der Waals surface area contributed by atoms with Gasteiger partial charge in [-0.2, -0.15) is 0 Å². The van der Waals surface area contributed by atoms with Gasteiger partial charge in [0.15, 0.2) is 0 Å². The fourth-order valence-electron chi connectivity index (χ4n) is 2.37. The number of hydrogen-bond donors (Lipinski definition) is 2. The molecule has 0 amide bonds. The van der Waals surface area contributed by atoms with Crippen molar-refractivity contribution < 1.29 is 5.11 Å². The van der Waals surface area contributed by atoms with Gasteiger partial charge >= 0.3 is 0 Å². The van der Waals surface area contributed by atoms with Crippen molar-refractivity contribution in [2.24, 2.45) is 0 Å². The van der Waals surface area contributed by atoms with Crippen molar-refractivity contribution in [2.75, 3.05) is 11.9 Å². The lowest BCUT2D eigenvalue weighted by Crippen LogP contribution is -2.35. The molecule has 3 heteroatoms. The van der Waals surface area contributed by atoms with Crippen molar-refractivity contribution in [2.45, 2.75) is 51.5 Å². The van der Waals surface area contributed by atoms with Gasteiger partial charge in [0.25, 0.3) is 0 Å². The number of rotatable bonds is 5. The number of fused-ring (bicyclic) bond motifs is 1. The van der Waals surface area contributed by atoms with Crippen molar-refractivity contribution in [1.29, 1.82) is 0 Å². The molecule has 94 valence electrons. The molecule has 17 heavy (non-hydrogen) atoms. The Bertz CT molecular complexity index is 392. The zero-order chi connectivity index (χ0) is 12.3. The molecule has 2 N–H and O–H groups in total. The summed E-state index contributed by atoms with van der Waals surface area (Å²) in [6.45, 7) is 4.48. The Kier molecular flexibility index (Phi) is 3.67. The zero-order valence-electron chi connectivity index (χ0n) is 10.8. The van der Waals surface area contributed by atoms with Gasteiger partial charge in [0, 0.05) is 17.8 Å². The molecule has 0 saturated carbocycles. The molecule has 0 saturated heterocycles. The third-order valence-electron chi connectivity index (χ3n) is 3.80. The van der Waals surface area contributed by atoms with E-state index >= 15 is 0 Å². The van der Waals surface area contributed by atoms with Crippen molar-refractivity contribution in [3.05, 3.63) is 23.4 Å². The molecule has 1 aromatic rings. The second-order valence-corrected chi connectivity index (χ2v) is 5.17. The summed E-state index contributed by atoms with van der Waals surface area (Å²) in [6, 6.07) is 4.25. The maximum atomic E-state index is 9.11. The molecule has 1 unspecified atom stereocenters. The molecule has 0 fully saturated rings. The number of nitrogens with one attached hydrogen (secondary N) is 1. The maximum absolute atomic E-state index is 9.11. The number of aliphatic hydroxyl groups is 1. The minimum Gasteiger partial charge on any atom is -0.396 e. The average molecular weight is 234 g/mol. The highest BCUT2D eigenvalue weighted by Crippen LogP contribution is 2.25. The van der Waals surface area contributed by atoms with E-state index in [1.807, 2.05) is 0 Å². The Morgan fingerprint density at radius 1 is 1.41 bits per heavy atom. The van der Waals surface area contributed by atoms with E-state index in [9.17, 15) is 0 Å². The molecule has 0 spiro atoms. The zero-order valence-corrected chi connectivity index (χ0v) is 10.8. The van der Waals surface area contributed by atoms with E-state index in [0.717, 1.165) is 25.1 Å². The normalized spacial score (nSPS) is 17.6. The van der Waals surface area contributed by atoms with Crippen LogP contribution in [0, 0.1) is 0 Å². The molecule has 3 nitrogen and oxygen atoms in total. The third-order valence-corrected chi connectivity index (χ3v) is 3.80.